The largest absolute Gasteiger partial charge is 0.484 e. The first-order valence-electron chi connectivity index (χ1n) is 7.44. The predicted octanol–water partition coefficient (Wildman–Crippen LogP) is 2.66. The summed E-state index contributed by atoms with van der Waals surface area (Å²) in [5.74, 6) is 1.79. The van der Waals surface area contributed by atoms with Crippen molar-refractivity contribution in [2.75, 3.05) is 37.2 Å². The topological polar surface area (TPSA) is 63.4 Å². The van der Waals surface area contributed by atoms with Gasteiger partial charge in [-0.3, -0.25) is 0 Å². The van der Waals surface area contributed by atoms with E-state index in [-0.39, 0.29) is 6.10 Å². The molecule has 1 aliphatic heterocycles. The van der Waals surface area contributed by atoms with Crippen molar-refractivity contribution in [3.8, 4) is 5.75 Å². The average molecular weight is 298 g/mol. The Hall–Kier alpha value is -1.01. The summed E-state index contributed by atoms with van der Waals surface area (Å²) in [6, 6.07) is 0. The quantitative estimate of drug-likeness (QED) is 0.810. The van der Waals surface area contributed by atoms with Crippen LogP contribution in [-0.2, 0) is 0 Å². The lowest BCUT2D eigenvalue weighted by Gasteiger charge is -2.20. The van der Waals surface area contributed by atoms with Crippen molar-refractivity contribution in [2.24, 2.45) is 5.92 Å². The number of likely N-dealkylation sites (tertiary alicyclic amines) is 1. The lowest BCUT2D eigenvalue weighted by molar-refractivity contribution is 0.245. The number of anilines is 2. The Kier molecular flexibility index (Phi) is 5.48. The van der Waals surface area contributed by atoms with Gasteiger partial charge in [-0.1, -0.05) is 6.92 Å². The van der Waals surface area contributed by atoms with Crippen LogP contribution in [0.5, 0.6) is 5.75 Å². The zero-order valence-corrected chi connectivity index (χ0v) is 13.5. The molecule has 114 valence electrons. The van der Waals surface area contributed by atoms with Crippen molar-refractivity contribution < 1.29 is 4.74 Å². The van der Waals surface area contributed by atoms with Crippen LogP contribution in [0.4, 0.5) is 10.8 Å². The molecule has 1 atom stereocenters. The van der Waals surface area contributed by atoms with Gasteiger partial charge in [0.15, 0.2) is 16.6 Å². The fraction of sp³-hybridized carbons (Fsp3) is 0.786. The van der Waals surface area contributed by atoms with Crippen LogP contribution in [0.15, 0.2) is 0 Å². The lowest BCUT2D eigenvalue weighted by atomic mass is 10.1. The maximum atomic E-state index is 5.85. The minimum atomic E-state index is 0.108. The standard InChI is InChI=1S/C14H26N4OS/c1-10(2)19-12-13(15)17-20-14(12)16-8-11(3)9-18-6-4-5-7-18/h10-11,16H,4-9H2,1-3H3,(H2,15,17). The molecule has 1 aromatic rings. The van der Waals surface area contributed by atoms with Crippen LogP contribution in [0.25, 0.3) is 0 Å². The van der Waals surface area contributed by atoms with E-state index in [1.54, 1.807) is 0 Å². The molecule has 1 unspecified atom stereocenters. The van der Waals surface area contributed by atoms with Gasteiger partial charge >= 0.3 is 0 Å². The molecule has 20 heavy (non-hydrogen) atoms. The molecule has 1 saturated heterocycles. The van der Waals surface area contributed by atoms with Gasteiger partial charge in [-0.15, -0.1) is 0 Å². The van der Waals surface area contributed by atoms with Crippen LogP contribution >= 0.6 is 11.5 Å². The molecule has 3 N–H and O–H groups in total. The fourth-order valence-electron chi connectivity index (χ4n) is 2.49. The van der Waals surface area contributed by atoms with Crippen LogP contribution in [-0.4, -0.2) is 41.6 Å². The van der Waals surface area contributed by atoms with E-state index in [2.05, 4.69) is 21.5 Å². The molecular formula is C14H26N4OS. The molecule has 1 aliphatic rings. The van der Waals surface area contributed by atoms with Crippen molar-refractivity contribution in [3.05, 3.63) is 0 Å². The summed E-state index contributed by atoms with van der Waals surface area (Å²) in [6.07, 6.45) is 2.80. The summed E-state index contributed by atoms with van der Waals surface area (Å²) in [4.78, 5) is 2.54. The van der Waals surface area contributed by atoms with Gasteiger partial charge in [0.05, 0.1) is 6.10 Å². The smallest absolute Gasteiger partial charge is 0.197 e. The van der Waals surface area contributed by atoms with Crippen LogP contribution in [0.1, 0.15) is 33.6 Å². The van der Waals surface area contributed by atoms with E-state index in [1.807, 2.05) is 13.8 Å². The fourth-order valence-corrected chi connectivity index (χ4v) is 3.15. The van der Waals surface area contributed by atoms with E-state index in [9.17, 15) is 0 Å². The number of nitrogens with zero attached hydrogens (tertiary/aromatic N) is 2. The second kappa shape index (κ2) is 7.13. The maximum absolute atomic E-state index is 5.85. The summed E-state index contributed by atoms with van der Waals surface area (Å²) >= 11 is 1.38. The highest BCUT2D eigenvalue weighted by Crippen LogP contribution is 2.35. The maximum Gasteiger partial charge on any atom is 0.197 e. The molecule has 0 radical (unpaired) electrons. The number of aromatic nitrogens is 1. The molecule has 1 aromatic heterocycles. The Labute approximate surface area is 125 Å². The summed E-state index contributed by atoms with van der Waals surface area (Å²) in [6.45, 7) is 10.8. The number of rotatable bonds is 7. The minimum absolute atomic E-state index is 0.108. The molecule has 0 aromatic carbocycles. The molecule has 0 amide bonds. The number of ether oxygens (including phenoxy) is 1. The highest BCUT2D eigenvalue weighted by atomic mass is 32.1. The third kappa shape index (κ3) is 4.24. The van der Waals surface area contributed by atoms with E-state index < -0.39 is 0 Å². The Morgan fingerprint density at radius 2 is 2.05 bits per heavy atom. The second-order valence-electron chi connectivity index (χ2n) is 5.89. The normalized spacial score (nSPS) is 17.6. The number of nitrogens with one attached hydrogen (secondary N) is 1. The Morgan fingerprint density at radius 3 is 2.70 bits per heavy atom. The summed E-state index contributed by atoms with van der Waals surface area (Å²) < 4.78 is 9.90. The van der Waals surface area contributed by atoms with Gasteiger partial charge in [0.2, 0.25) is 0 Å². The van der Waals surface area contributed by atoms with Gasteiger partial charge in [-0.25, -0.2) is 0 Å². The van der Waals surface area contributed by atoms with Crippen molar-refractivity contribution in [3.63, 3.8) is 0 Å². The molecule has 2 rings (SSSR count). The Balaban J connectivity index is 1.83. The number of nitrogens with two attached hydrogens (primary N) is 1. The molecule has 0 saturated carbocycles. The van der Waals surface area contributed by atoms with Gasteiger partial charge in [-0.2, -0.15) is 4.37 Å². The zero-order chi connectivity index (χ0) is 14.5. The molecule has 0 aliphatic carbocycles. The number of hydrogen-bond acceptors (Lipinski definition) is 6. The summed E-state index contributed by atoms with van der Waals surface area (Å²) in [7, 11) is 0. The van der Waals surface area contributed by atoms with Crippen molar-refractivity contribution in [1.29, 1.82) is 0 Å². The second-order valence-corrected chi connectivity index (χ2v) is 6.66. The third-order valence-electron chi connectivity index (χ3n) is 3.41. The number of nitrogen functional groups attached to an aromatic ring is 1. The van der Waals surface area contributed by atoms with E-state index in [0.717, 1.165) is 18.1 Å². The van der Waals surface area contributed by atoms with E-state index in [4.69, 9.17) is 10.5 Å². The molecule has 0 spiro atoms. The summed E-state index contributed by atoms with van der Waals surface area (Å²) in [5.41, 5.74) is 5.85. The van der Waals surface area contributed by atoms with Gasteiger partial charge < -0.3 is 20.7 Å². The molecular weight excluding hydrogens is 272 g/mol. The first-order valence-corrected chi connectivity index (χ1v) is 8.21. The van der Waals surface area contributed by atoms with Crippen molar-refractivity contribution >= 4 is 22.4 Å². The molecule has 5 nitrogen and oxygen atoms in total. The Bertz CT molecular complexity index is 415. The van der Waals surface area contributed by atoms with Gasteiger partial charge in [0.25, 0.3) is 0 Å². The lowest BCUT2D eigenvalue weighted by Crippen LogP contribution is -2.28. The van der Waals surface area contributed by atoms with Gasteiger partial charge in [-0.05, 0) is 57.2 Å². The minimum Gasteiger partial charge on any atom is -0.484 e. The van der Waals surface area contributed by atoms with Crippen LogP contribution in [0, 0.1) is 5.92 Å². The average Bonchev–Trinajstić information content (AvgIpc) is 2.99. The van der Waals surface area contributed by atoms with E-state index in [0.29, 0.717) is 17.5 Å². The zero-order valence-electron chi connectivity index (χ0n) is 12.7. The highest BCUT2D eigenvalue weighted by Gasteiger charge is 2.17. The molecule has 2 heterocycles. The first kappa shape index (κ1) is 15.4. The first-order chi connectivity index (χ1) is 9.56. The van der Waals surface area contributed by atoms with Gasteiger partial charge in [0.1, 0.15) is 0 Å². The van der Waals surface area contributed by atoms with Crippen LogP contribution < -0.4 is 15.8 Å². The third-order valence-corrected chi connectivity index (χ3v) is 4.21. The Morgan fingerprint density at radius 1 is 1.35 bits per heavy atom. The van der Waals surface area contributed by atoms with Gasteiger partial charge in [0, 0.05) is 13.1 Å². The van der Waals surface area contributed by atoms with Crippen LogP contribution in [0.2, 0.25) is 0 Å². The summed E-state index contributed by atoms with van der Waals surface area (Å²) in [5, 5.41) is 4.39. The van der Waals surface area contributed by atoms with E-state index >= 15 is 0 Å². The predicted molar refractivity (Wildman–Crippen MR) is 85.6 cm³/mol. The molecule has 0 bridgehead atoms. The van der Waals surface area contributed by atoms with E-state index in [1.165, 1.54) is 37.5 Å². The highest BCUT2D eigenvalue weighted by molar-refractivity contribution is 7.11. The molecule has 1 fully saturated rings. The van der Waals surface area contributed by atoms with Crippen molar-refractivity contribution in [2.45, 2.75) is 39.7 Å². The van der Waals surface area contributed by atoms with Crippen LogP contribution in [0.3, 0.4) is 0 Å². The van der Waals surface area contributed by atoms with Crippen molar-refractivity contribution in [1.82, 2.24) is 9.27 Å². The monoisotopic (exact) mass is 298 g/mol. The molecule has 6 heteroatoms. The number of hydrogen-bond donors (Lipinski definition) is 2. The SMILES string of the molecule is CC(CNc1snc(N)c1OC(C)C)CN1CCCC1.